The molecule has 3 unspecified atom stereocenters. The number of hydrogen-bond acceptors (Lipinski definition) is 5. The summed E-state index contributed by atoms with van der Waals surface area (Å²) < 4.78 is 5.57. The third-order valence-electron chi connectivity index (χ3n) is 4.05. The highest BCUT2D eigenvalue weighted by atomic mass is 16.4. The fourth-order valence-electron chi connectivity index (χ4n) is 2.80. The molecule has 0 aliphatic heterocycles. The molecule has 0 radical (unpaired) electrons. The summed E-state index contributed by atoms with van der Waals surface area (Å²) >= 11 is 0. The van der Waals surface area contributed by atoms with E-state index in [1.54, 1.807) is 0 Å². The van der Waals surface area contributed by atoms with Crippen LogP contribution in [0.1, 0.15) is 45.9 Å². The quantitative estimate of drug-likeness (QED) is 0.814. The predicted molar refractivity (Wildman–Crippen MR) is 71.3 cm³/mol. The van der Waals surface area contributed by atoms with Crippen LogP contribution in [0.5, 0.6) is 0 Å². The highest BCUT2D eigenvalue weighted by Gasteiger charge is 2.32. The number of rotatable bonds is 6. The molecule has 0 bridgehead atoms. The third-order valence-corrected chi connectivity index (χ3v) is 4.05. The van der Waals surface area contributed by atoms with Crippen molar-refractivity contribution in [2.75, 3.05) is 11.9 Å². The summed E-state index contributed by atoms with van der Waals surface area (Å²) in [5.74, 6) is 2.16. The molecule has 1 aromatic heterocycles. The first-order valence-corrected chi connectivity index (χ1v) is 7.04. The van der Waals surface area contributed by atoms with Crippen molar-refractivity contribution in [3.8, 4) is 0 Å². The SMILES string of the molecule is CCNCc1nnc(NC2CCC(CC)C2C)o1. The second-order valence-electron chi connectivity index (χ2n) is 5.14. The lowest BCUT2D eigenvalue weighted by Crippen LogP contribution is -2.24. The molecule has 0 spiro atoms. The van der Waals surface area contributed by atoms with Gasteiger partial charge in [0.1, 0.15) is 0 Å². The maximum absolute atomic E-state index is 5.57. The molecule has 1 aliphatic carbocycles. The standard InChI is InChI=1S/C13H24N4O/c1-4-10-6-7-11(9(10)3)15-13-17-16-12(18-13)8-14-5-2/h9-11,14H,4-8H2,1-3H3,(H,15,17). The Kier molecular flexibility index (Phi) is 4.58. The van der Waals surface area contributed by atoms with Crippen LogP contribution in [-0.4, -0.2) is 22.8 Å². The summed E-state index contributed by atoms with van der Waals surface area (Å²) in [7, 11) is 0. The van der Waals surface area contributed by atoms with E-state index in [1.807, 2.05) is 0 Å². The zero-order valence-corrected chi connectivity index (χ0v) is 11.6. The van der Waals surface area contributed by atoms with Crippen LogP contribution in [0.4, 0.5) is 6.01 Å². The summed E-state index contributed by atoms with van der Waals surface area (Å²) in [6.45, 7) is 8.19. The Morgan fingerprint density at radius 1 is 1.28 bits per heavy atom. The molecule has 5 heteroatoms. The Labute approximate surface area is 109 Å². The Morgan fingerprint density at radius 2 is 2.11 bits per heavy atom. The van der Waals surface area contributed by atoms with Crippen LogP contribution in [0, 0.1) is 11.8 Å². The number of aromatic nitrogens is 2. The molecule has 0 aromatic carbocycles. The third kappa shape index (κ3) is 3.02. The highest BCUT2D eigenvalue weighted by Crippen LogP contribution is 2.35. The van der Waals surface area contributed by atoms with Crippen molar-refractivity contribution in [1.29, 1.82) is 0 Å². The van der Waals surface area contributed by atoms with E-state index in [4.69, 9.17) is 4.42 Å². The number of nitrogens with zero attached hydrogens (tertiary/aromatic N) is 2. The van der Waals surface area contributed by atoms with E-state index in [1.165, 1.54) is 19.3 Å². The molecule has 0 saturated heterocycles. The van der Waals surface area contributed by atoms with Gasteiger partial charge in [0.05, 0.1) is 6.54 Å². The van der Waals surface area contributed by atoms with Gasteiger partial charge in [0.15, 0.2) is 0 Å². The molecule has 2 N–H and O–H groups in total. The van der Waals surface area contributed by atoms with Crippen LogP contribution in [-0.2, 0) is 6.54 Å². The largest absolute Gasteiger partial charge is 0.407 e. The van der Waals surface area contributed by atoms with Crippen LogP contribution in [0.25, 0.3) is 0 Å². The van der Waals surface area contributed by atoms with Crippen LogP contribution in [0.15, 0.2) is 4.42 Å². The average Bonchev–Trinajstić information content (AvgIpc) is 2.96. The van der Waals surface area contributed by atoms with E-state index in [-0.39, 0.29) is 0 Å². The van der Waals surface area contributed by atoms with E-state index in [0.29, 0.717) is 30.4 Å². The summed E-state index contributed by atoms with van der Waals surface area (Å²) in [6.07, 6.45) is 3.76. The summed E-state index contributed by atoms with van der Waals surface area (Å²) in [5, 5.41) is 14.6. The topological polar surface area (TPSA) is 63.0 Å². The second-order valence-corrected chi connectivity index (χ2v) is 5.14. The highest BCUT2D eigenvalue weighted by molar-refractivity contribution is 5.21. The minimum absolute atomic E-state index is 0.474. The molecule has 1 aliphatic rings. The van der Waals surface area contributed by atoms with Crippen molar-refractivity contribution in [2.45, 2.75) is 52.6 Å². The molecule has 0 amide bonds. The number of anilines is 1. The molecular formula is C13H24N4O. The average molecular weight is 252 g/mol. The van der Waals surface area contributed by atoms with E-state index in [0.717, 1.165) is 12.5 Å². The van der Waals surface area contributed by atoms with E-state index >= 15 is 0 Å². The molecule has 102 valence electrons. The minimum Gasteiger partial charge on any atom is -0.407 e. The fourth-order valence-corrected chi connectivity index (χ4v) is 2.80. The van der Waals surface area contributed by atoms with Crippen molar-refractivity contribution in [3.63, 3.8) is 0 Å². The van der Waals surface area contributed by atoms with Gasteiger partial charge in [-0.3, -0.25) is 0 Å². The lowest BCUT2D eigenvalue weighted by molar-refractivity contribution is 0.386. The summed E-state index contributed by atoms with van der Waals surface area (Å²) in [5.41, 5.74) is 0. The first-order valence-electron chi connectivity index (χ1n) is 7.04. The van der Waals surface area contributed by atoms with Crippen LogP contribution in [0.3, 0.4) is 0 Å². The van der Waals surface area contributed by atoms with E-state index < -0.39 is 0 Å². The van der Waals surface area contributed by atoms with Gasteiger partial charge in [-0.2, -0.15) is 0 Å². The number of hydrogen-bond donors (Lipinski definition) is 2. The summed E-state index contributed by atoms with van der Waals surface area (Å²) in [6, 6.07) is 1.04. The first kappa shape index (κ1) is 13.3. The Bertz CT molecular complexity index is 366. The monoisotopic (exact) mass is 252 g/mol. The Morgan fingerprint density at radius 3 is 2.78 bits per heavy atom. The second kappa shape index (κ2) is 6.18. The lowest BCUT2D eigenvalue weighted by atomic mass is 9.94. The van der Waals surface area contributed by atoms with Crippen molar-refractivity contribution < 1.29 is 4.42 Å². The normalized spacial score (nSPS) is 27.6. The maximum Gasteiger partial charge on any atom is 0.315 e. The van der Waals surface area contributed by atoms with Gasteiger partial charge >= 0.3 is 6.01 Å². The maximum atomic E-state index is 5.57. The van der Waals surface area contributed by atoms with Crippen molar-refractivity contribution >= 4 is 6.01 Å². The molecular weight excluding hydrogens is 228 g/mol. The van der Waals surface area contributed by atoms with Crippen LogP contribution < -0.4 is 10.6 Å². The molecule has 3 atom stereocenters. The lowest BCUT2D eigenvalue weighted by Gasteiger charge is -2.19. The molecule has 5 nitrogen and oxygen atoms in total. The van der Waals surface area contributed by atoms with Crippen molar-refractivity contribution in [2.24, 2.45) is 11.8 Å². The summed E-state index contributed by atoms with van der Waals surface area (Å²) in [4.78, 5) is 0. The number of nitrogens with one attached hydrogen (secondary N) is 2. The zero-order valence-electron chi connectivity index (χ0n) is 11.6. The van der Waals surface area contributed by atoms with Gasteiger partial charge in [-0.1, -0.05) is 32.3 Å². The van der Waals surface area contributed by atoms with Crippen molar-refractivity contribution in [1.82, 2.24) is 15.5 Å². The minimum atomic E-state index is 0.474. The van der Waals surface area contributed by atoms with Crippen molar-refractivity contribution in [3.05, 3.63) is 5.89 Å². The van der Waals surface area contributed by atoms with Gasteiger partial charge in [-0.15, -0.1) is 5.10 Å². The first-order chi connectivity index (χ1) is 8.74. The van der Waals surface area contributed by atoms with Gasteiger partial charge in [0.2, 0.25) is 5.89 Å². The van der Waals surface area contributed by atoms with Gasteiger partial charge in [-0.05, 0) is 31.2 Å². The van der Waals surface area contributed by atoms with E-state index in [9.17, 15) is 0 Å². The molecule has 2 rings (SSSR count). The molecule has 1 heterocycles. The zero-order chi connectivity index (χ0) is 13.0. The van der Waals surface area contributed by atoms with Gasteiger partial charge in [0.25, 0.3) is 0 Å². The van der Waals surface area contributed by atoms with Crippen LogP contribution in [0.2, 0.25) is 0 Å². The van der Waals surface area contributed by atoms with Gasteiger partial charge in [0, 0.05) is 6.04 Å². The molecule has 1 saturated carbocycles. The van der Waals surface area contributed by atoms with Crippen LogP contribution >= 0.6 is 0 Å². The predicted octanol–water partition coefficient (Wildman–Crippen LogP) is 2.42. The molecule has 1 aromatic rings. The smallest absolute Gasteiger partial charge is 0.315 e. The Hall–Kier alpha value is -1.10. The van der Waals surface area contributed by atoms with E-state index in [2.05, 4.69) is 41.6 Å². The fraction of sp³-hybridized carbons (Fsp3) is 0.846. The Balaban J connectivity index is 1.88. The molecule has 18 heavy (non-hydrogen) atoms. The molecule has 1 fully saturated rings. The van der Waals surface area contributed by atoms with Gasteiger partial charge < -0.3 is 15.1 Å². The van der Waals surface area contributed by atoms with Gasteiger partial charge in [-0.25, -0.2) is 0 Å².